The van der Waals surface area contributed by atoms with Crippen molar-refractivity contribution < 1.29 is 18.7 Å². The van der Waals surface area contributed by atoms with Crippen molar-refractivity contribution in [2.75, 3.05) is 26.7 Å². The summed E-state index contributed by atoms with van der Waals surface area (Å²) in [5, 5.41) is 3.08. The van der Waals surface area contributed by atoms with Crippen molar-refractivity contribution >= 4 is 5.91 Å². The fourth-order valence-corrected chi connectivity index (χ4v) is 3.62. The molecule has 1 N–H and O–H groups in total. The van der Waals surface area contributed by atoms with Gasteiger partial charge < -0.3 is 24.1 Å². The first-order valence-corrected chi connectivity index (χ1v) is 11.9. The van der Waals surface area contributed by atoms with Crippen LogP contribution in [0.4, 0.5) is 0 Å². The Hall–Kier alpha value is -2.47. The number of unbranched alkanes of at least 4 members (excludes halogenated alkanes) is 4. The first-order chi connectivity index (χ1) is 15.5. The lowest BCUT2D eigenvalue weighted by Gasteiger charge is -2.26. The molecule has 1 heterocycles. The number of hydrogen-bond acceptors (Lipinski definition) is 5. The predicted octanol–water partition coefficient (Wildman–Crippen LogP) is 5.67. The molecule has 6 nitrogen and oxygen atoms in total. The number of benzene rings is 1. The van der Waals surface area contributed by atoms with Gasteiger partial charge in [0.05, 0.1) is 7.11 Å². The molecule has 0 spiro atoms. The highest BCUT2D eigenvalue weighted by molar-refractivity contribution is 5.91. The van der Waals surface area contributed by atoms with E-state index in [1.165, 1.54) is 38.5 Å². The molecule has 1 amide bonds. The number of hydrogen-bond donors (Lipinski definition) is 1. The molecule has 178 valence electrons. The lowest BCUT2D eigenvalue weighted by molar-refractivity contribution is 0.0896. The molecule has 1 aromatic heterocycles. The van der Waals surface area contributed by atoms with Crippen LogP contribution in [0.15, 0.2) is 40.8 Å². The molecule has 0 aliphatic heterocycles. The number of furan rings is 1. The summed E-state index contributed by atoms with van der Waals surface area (Å²) in [7, 11) is 1.62. The van der Waals surface area contributed by atoms with E-state index in [4.69, 9.17) is 13.9 Å². The van der Waals surface area contributed by atoms with Gasteiger partial charge in [0, 0.05) is 18.7 Å². The van der Waals surface area contributed by atoms with Gasteiger partial charge in [0.1, 0.15) is 23.9 Å². The molecule has 32 heavy (non-hydrogen) atoms. The van der Waals surface area contributed by atoms with Crippen molar-refractivity contribution in [1.82, 2.24) is 10.2 Å². The molecule has 0 radical (unpaired) electrons. The van der Waals surface area contributed by atoms with Crippen molar-refractivity contribution in [2.45, 2.75) is 71.9 Å². The summed E-state index contributed by atoms with van der Waals surface area (Å²) in [6, 6.07) is 10.9. The van der Waals surface area contributed by atoms with Gasteiger partial charge in [-0.25, -0.2) is 0 Å². The van der Waals surface area contributed by atoms with Crippen LogP contribution >= 0.6 is 0 Å². The molecule has 0 saturated heterocycles. The molecule has 2 aromatic rings. The Bertz CT molecular complexity index is 780. The number of ether oxygens (including phenoxy) is 2. The van der Waals surface area contributed by atoms with Gasteiger partial charge in [0.2, 0.25) is 0 Å². The molecule has 0 fully saturated rings. The van der Waals surface area contributed by atoms with E-state index in [0.717, 1.165) is 25.4 Å². The highest BCUT2D eigenvalue weighted by Crippen LogP contribution is 2.20. The average Bonchev–Trinajstić information content (AvgIpc) is 3.27. The Morgan fingerprint density at radius 3 is 2.38 bits per heavy atom. The minimum atomic E-state index is -0.188. The summed E-state index contributed by atoms with van der Waals surface area (Å²) in [6.45, 7) is 9.78. The van der Waals surface area contributed by atoms with Gasteiger partial charge in [-0.15, -0.1) is 0 Å². The number of carbonyl (C=O) groups is 1. The third kappa shape index (κ3) is 9.35. The van der Waals surface area contributed by atoms with Crippen LogP contribution in [-0.4, -0.2) is 43.6 Å². The summed E-state index contributed by atoms with van der Waals surface area (Å²) in [4.78, 5) is 15.1. The van der Waals surface area contributed by atoms with E-state index in [2.05, 4.69) is 31.0 Å². The smallest absolute Gasteiger partial charge is 0.287 e. The zero-order chi connectivity index (χ0) is 23.2. The molecule has 0 saturated carbocycles. The maximum Gasteiger partial charge on any atom is 0.287 e. The van der Waals surface area contributed by atoms with E-state index in [9.17, 15) is 4.79 Å². The van der Waals surface area contributed by atoms with Crippen LogP contribution in [0.25, 0.3) is 0 Å². The number of nitrogens with one attached hydrogen (secondary N) is 1. The van der Waals surface area contributed by atoms with Crippen LogP contribution in [-0.2, 0) is 6.61 Å². The van der Waals surface area contributed by atoms with Crippen molar-refractivity contribution in [1.29, 1.82) is 0 Å². The van der Waals surface area contributed by atoms with Gasteiger partial charge in [0.15, 0.2) is 5.76 Å². The van der Waals surface area contributed by atoms with Crippen molar-refractivity contribution in [3.05, 3.63) is 47.9 Å². The van der Waals surface area contributed by atoms with Gasteiger partial charge >= 0.3 is 0 Å². The van der Waals surface area contributed by atoms with E-state index >= 15 is 0 Å². The molecule has 1 aromatic carbocycles. The lowest BCUT2D eigenvalue weighted by atomic mass is 10.2. The fraction of sp³-hybridized carbons (Fsp3) is 0.577. The molecule has 1 atom stereocenters. The lowest BCUT2D eigenvalue weighted by Crippen LogP contribution is -2.42. The fourth-order valence-electron chi connectivity index (χ4n) is 3.62. The minimum Gasteiger partial charge on any atom is -0.497 e. The Kier molecular flexibility index (Phi) is 11.7. The van der Waals surface area contributed by atoms with Crippen LogP contribution < -0.4 is 14.8 Å². The number of amides is 1. The molecular weight excluding hydrogens is 404 g/mol. The van der Waals surface area contributed by atoms with Gasteiger partial charge in [0.25, 0.3) is 5.91 Å². The molecule has 0 bridgehead atoms. The Labute approximate surface area is 193 Å². The van der Waals surface area contributed by atoms with Crippen molar-refractivity contribution in [2.24, 2.45) is 0 Å². The number of nitrogens with zero attached hydrogens (tertiary/aromatic N) is 1. The van der Waals surface area contributed by atoms with E-state index in [0.29, 0.717) is 17.3 Å². The number of carbonyl (C=O) groups excluding carboxylic acids is 1. The quantitative estimate of drug-likeness (QED) is 0.338. The van der Waals surface area contributed by atoms with Gasteiger partial charge in [-0.1, -0.05) is 45.6 Å². The first kappa shape index (κ1) is 25.8. The monoisotopic (exact) mass is 444 g/mol. The molecule has 6 heteroatoms. The second-order valence-corrected chi connectivity index (χ2v) is 8.32. The molecule has 0 aliphatic rings. The maximum absolute atomic E-state index is 12.6. The van der Waals surface area contributed by atoms with E-state index in [1.807, 2.05) is 24.3 Å². The maximum atomic E-state index is 12.6. The standard InChI is InChI=1S/C26H40N2O4/c1-5-7-9-16-28(17-10-8-6-2)19-21(3)27-26(29)25-15-14-24(32-25)20-31-23-13-11-12-22(18-23)30-4/h11-15,18,21H,5-10,16-17,19-20H2,1-4H3,(H,27,29). The van der Waals surface area contributed by atoms with Crippen LogP contribution in [0.2, 0.25) is 0 Å². The van der Waals surface area contributed by atoms with E-state index in [-0.39, 0.29) is 18.6 Å². The Balaban J connectivity index is 1.83. The topological polar surface area (TPSA) is 63.9 Å². The Morgan fingerprint density at radius 2 is 1.72 bits per heavy atom. The van der Waals surface area contributed by atoms with Crippen LogP contribution in [0.3, 0.4) is 0 Å². The summed E-state index contributed by atoms with van der Waals surface area (Å²) < 4.78 is 16.7. The zero-order valence-electron chi connectivity index (χ0n) is 20.2. The van der Waals surface area contributed by atoms with Crippen molar-refractivity contribution in [3.63, 3.8) is 0 Å². The summed E-state index contributed by atoms with van der Waals surface area (Å²) in [6.07, 6.45) is 7.35. The van der Waals surface area contributed by atoms with E-state index in [1.54, 1.807) is 19.2 Å². The van der Waals surface area contributed by atoms with Gasteiger partial charge in [-0.05, 0) is 57.1 Å². The van der Waals surface area contributed by atoms with Crippen LogP contribution in [0.1, 0.15) is 75.6 Å². The SMILES string of the molecule is CCCCCN(CCCCC)CC(C)NC(=O)c1ccc(COc2cccc(OC)c2)o1. The van der Waals surface area contributed by atoms with E-state index < -0.39 is 0 Å². The average molecular weight is 445 g/mol. The zero-order valence-corrected chi connectivity index (χ0v) is 20.2. The Morgan fingerprint density at radius 1 is 1.03 bits per heavy atom. The van der Waals surface area contributed by atoms with Crippen molar-refractivity contribution in [3.8, 4) is 11.5 Å². The third-order valence-electron chi connectivity index (χ3n) is 5.37. The van der Waals surface area contributed by atoms with Gasteiger partial charge in [-0.3, -0.25) is 4.79 Å². The summed E-state index contributed by atoms with van der Waals surface area (Å²) in [5.41, 5.74) is 0. The number of methoxy groups -OCH3 is 1. The normalized spacial score (nSPS) is 12.0. The first-order valence-electron chi connectivity index (χ1n) is 11.9. The van der Waals surface area contributed by atoms with Crippen LogP contribution in [0, 0.1) is 0 Å². The second-order valence-electron chi connectivity index (χ2n) is 8.32. The third-order valence-corrected chi connectivity index (χ3v) is 5.37. The molecule has 0 aliphatic carbocycles. The predicted molar refractivity (Wildman–Crippen MR) is 128 cm³/mol. The minimum absolute atomic E-state index is 0.0485. The highest BCUT2D eigenvalue weighted by atomic mass is 16.5. The largest absolute Gasteiger partial charge is 0.497 e. The van der Waals surface area contributed by atoms with Crippen LogP contribution in [0.5, 0.6) is 11.5 Å². The second kappa shape index (κ2) is 14.6. The molecule has 2 rings (SSSR count). The summed E-state index contributed by atoms with van der Waals surface area (Å²) in [5.74, 6) is 2.14. The molecule has 1 unspecified atom stereocenters. The number of rotatable bonds is 16. The van der Waals surface area contributed by atoms with Gasteiger partial charge in [-0.2, -0.15) is 0 Å². The summed E-state index contributed by atoms with van der Waals surface area (Å²) >= 11 is 0. The molecular formula is C26H40N2O4. The highest BCUT2D eigenvalue weighted by Gasteiger charge is 2.16.